The highest BCUT2D eigenvalue weighted by molar-refractivity contribution is 14.0. The average molecular weight is 557 g/mol. The van der Waals surface area contributed by atoms with E-state index in [1.807, 2.05) is 60.7 Å². The largest absolute Gasteiger partial charge is 0.492 e. The molecule has 0 spiro atoms. The molecule has 1 unspecified atom stereocenters. The highest BCUT2D eigenvalue weighted by Crippen LogP contribution is 2.09. The van der Waals surface area contributed by atoms with E-state index in [4.69, 9.17) is 9.73 Å². The minimum atomic E-state index is -1.01. The van der Waals surface area contributed by atoms with Gasteiger partial charge in [0.05, 0.1) is 17.3 Å². The van der Waals surface area contributed by atoms with Crippen molar-refractivity contribution in [3.05, 3.63) is 60.7 Å². The monoisotopic (exact) mass is 556 g/mol. The van der Waals surface area contributed by atoms with Crippen molar-refractivity contribution in [3.63, 3.8) is 0 Å². The fourth-order valence-electron chi connectivity index (χ4n) is 3.34. The molecule has 1 heterocycles. The van der Waals surface area contributed by atoms with Crippen LogP contribution in [0.5, 0.6) is 5.75 Å². The van der Waals surface area contributed by atoms with Crippen molar-refractivity contribution in [1.29, 1.82) is 0 Å². The van der Waals surface area contributed by atoms with E-state index < -0.39 is 10.8 Å². The summed E-state index contributed by atoms with van der Waals surface area (Å²) in [5.74, 6) is 2.38. The highest BCUT2D eigenvalue weighted by atomic mass is 127. The molecule has 6 nitrogen and oxygen atoms in total. The molecule has 1 aliphatic heterocycles. The Kier molecular flexibility index (Phi) is 11.9. The van der Waals surface area contributed by atoms with E-state index in [0.717, 1.165) is 55.9 Å². The fraction of sp³-hybridized carbons (Fsp3) is 0.435. The molecule has 0 aromatic heterocycles. The molecular weight excluding hydrogens is 523 g/mol. The van der Waals surface area contributed by atoms with Crippen LogP contribution < -0.4 is 10.1 Å². The van der Waals surface area contributed by atoms with Gasteiger partial charge in [0.15, 0.2) is 5.96 Å². The quantitative estimate of drug-likeness (QED) is 0.293. The Morgan fingerprint density at radius 1 is 1.03 bits per heavy atom. The maximum atomic E-state index is 12.4. The van der Waals surface area contributed by atoms with Gasteiger partial charge < -0.3 is 15.0 Å². The lowest BCUT2D eigenvalue weighted by Crippen LogP contribution is -2.53. The number of piperazine rings is 1. The number of nitrogens with one attached hydrogen (secondary N) is 1. The van der Waals surface area contributed by atoms with Crippen molar-refractivity contribution in [2.75, 3.05) is 58.2 Å². The van der Waals surface area contributed by atoms with Gasteiger partial charge in [0.1, 0.15) is 12.4 Å². The molecule has 0 radical (unpaired) electrons. The topological polar surface area (TPSA) is 57.2 Å². The van der Waals surface area contributed by atoms with Gasteiger partial charge >= 0.3 is 0 Å². The fourth-order valence-corrected chi connectivity index (χ4v) is 4.30. The predicted octanol–water partition coefficient (Wildman–Crippen LogP) is 3.07. The lowest BCUT2D eigenvalue weighted by atomic mass is 10.3. The Labute approximate surface area is 205 Å². The van der Waals surface area contributed by atoms with Crippen molar-refractivity contribution >= 4 is 40.7 Å². The molecule has 170 valence electrons. The Morgan fingerprint density at radius 3 is 2.32 bits per heavy atom. The number of ether oxygens (including phenoxy) is 1. The van der Waals surface area contributed by atoms with Gasteiger partial charge in [-0.05, 0) is 31.2 Å². The van der Waals surface area contributed by atoms with Gasteiger partial charge in [-0.25, -0.2) is 0 Å². The van der Waals surface area contributed by atoms with E-state index in [0.29, 0.717) is 18.9 Å². The second-order valence-electron chi connectivity index (χ2n) is 7.09. The molecular formula is C23H33IN4O2S. The van der Waals surface area contributed by atoms with Crippen LogP contribution >= 0.6 is 24.0 Å². The summed E-state index contributed by atoms with van der Waals surface area (Å²) in [4.78, 5) is 10.3. The first-order valence-electron chi connectivity index (χ1n) is 10.6. The normalized spacial score (nSPS) is 15.8. The van der Waals surface area contributed by atoms with E-state index in [-0.39, 0.29) is 24.0 Å². The summed E-state index contributed by atoms with van der Waals surface area (Å²) in [7, 11) is -1.01. The first kappa shape index (κ1) is 25.6. The van der Waals surface area contributed by atoms with Crippen LogP contribution in [-0.4, -0.2) is 78.1 Å². The lowest BCUT2D eigenvalue weighted by Gasteiger charge is -2.36. The third-order valence-electron chi connectivity index (χ3n) is 4.97. The summed E-state index contributed by atoms with van der Waals surface area (Å²) < 4.78 is 18.2. The number of hydrogen-bond donors (Lipinski definition) is 1. The minimum Gasteiger partial charge on any atom is -0.492 e. The van der Waals surface area contributed by atoms with Gasteiger partial charge in [0, 0.05) is 49.9 Å². The second-order valence-corrected chi connectivity index (χ2v) is 8.66. The van der Waals surface area contributed by atoms with Gasteiger partial charge in [-0.1, -0.05) is 36.4 Å². The Bertz CT molecular complexity index is 800. The van der Waals surface area contributed by atoms with Crippen molar-refractivity contribution in [3.8, 4) is 5.75 Å². The van der Waals surface area contributed by atoms with Crippen LogP contribution in [0.3, 0.4) is 0 Å². The third kappa shape index (κ3) is 8.78. The zero-order chi connectivity index (χ0) is 21.0. The summed E-state index contributed by atoms with van der Waals surface area (Å²) in [6, 6.07) is 19.6. The van der Waals surface area contributed by atoms with E-state index in [1.165, 1.54) is 0 Å². The van der Waals surface area contributed by atoms with Crippen molar-refractivity contribution < 1.29 is 8.95 Å². The molecule has 0 aliphatic carbocycles. The maximum Gasteiger partial charge on any atom is 0.194 e. The van der Waals surface area contributed by atoms with Crippen molar-refractivity contribution in [1.82, 2.24) is 15.1 Å². The first-order valence-corrected chi connectivity index (χ1v) is 11.9. The molecule has 2 aromatic rings. The zero-order valence-corrected chi connectivity index (χ0v) is 21.3. The van der Waals surface area contributed by atoms with Gasteiger partial charge in [-0.2, -0.15) is 0 Å². The molecule has 8 heteroatoms. The summed E-state index contributed by atoms with van der Waals surface area (Å²) in [6.45, 7) is 8.90. The van der Waals surface area contributed by atoms with Crippen LogP contribution in [0.15, 0.2) is 70.6 Å². The van der Waals surface area contributed by atoms with Crippen molar-refractivity contribution in [2.24, 2.45) is 4.99 Å². The molecule has 3 rings (SSSR count). The van der Waals surface area contributed by atoms with Crippen LogP contribution in [0.1, 0.15) is 6.92 Å². The summed E-state index contributed by atoms with van der Waals surface area (Å²) in [5, 5.41) is 3.38. The number of benzene rings is 2. The average Bonchev–Trinajstić information content (AvgIpc) is 2.80. The third-order valence-corrected chi connectivity index (χ3v) is 6.32. The number of nitrogens with zero attached hydrogens (tertiary/aromatic N) is 3. The molecule has 0 amide bonds. The Hall–Kier alpha value is -1.65. The number of halogens is 1. The molecule has 1 saturated heterocycles. The predicted molar refractivity (Wildman–Crippen MR) is 139 cm³/mol. The molecule has 2 aromatic carbocycles. The minimum absolute atomic E-state index is 0. The van der Waals surface area contributed by atoms with Gasteiger partial charge in [0.2, 0.25) is 0 Å². The molecule has 1 atom stereocenters. The number of aliphatic imine (C=N–C) groups is 1. The summed E-state index contributed by atoms with van der Waals surface area (Å²) in [5.41, 5.74) is 0. The molecule has 1 fully saturated rings. The van der Waals surface area contributed by atoms with Gasteiger partial charge in [0.25, 0.3) is 0 Å². The zero-order valence-electron chi connectivity index (χ0n) is 18.1. The molecule has 0 saturated carbocycles. The number of para-hydroxylation sites is 1. The van der Waals surface area contributed by atoms with E-state index in [1.54, 1.807) is 0 Å². The highest BCUT2D eigenvalue weighted by Gasteiger charge is 2.19. The Morgan fingerprint density at radius 2 is 1.68 bits per heavy atom. The van der Waals surface area contributed by atoms with Crippen LogP contribution in [-0.2, 0) is 10.8 Å². The smallest absolute Gasteiger partial charge is 0.194 e. The van der Waals surface area contributed by atoms with Crippen LogP contribution in [0, 0.1) is 0 Å². The van der Waals surface area contributed by atoms with Crippen LogP contribution in [0.4, 0.5) is 0 Å². The lowest BCUT2D eigenvalue weighted by molar-refractivity contribution is 0.152. The molecule has 0 bridgehead atoms. The second kappa shape index (κ2) is 14.4. The SMILES string of the molecule is CCNC(=NCCS(=O)c1ccccc1)N1CCN(CCOc2ccccc2)CC1.I. The van der Waals surface area contributed by atoms with Crippen molar-refractivity contribution in [2.45, 2.75) is 11.8 Å². The van der Waals surface area contributed by atoms with Crippen LogP contribution in [0.2, 0.25) is 0 Å². The van der Waals surface area contributed by atoms with Crippen LogP contribution in [0.25, 0.3) is 0 Å². The van der Waals surface area contributed by atoms with E-state index in [9.17, 15) is 4.21 Å². The number of rotatable bonds is 9. The first-order chi connectivity index (χ1) is 14.8. The number of guanidine groups is 1. The molecule has 1 N–H and O–H groups in total. The summed E-state index contributed by atoms with van der Waals surface area (Å²) >= 11 is 0. The van der Waals surface area contributed by atoms with Gasteiger partial charge in [-0.3, -0.25) is 14.1 Å². The molecule has 31 heavy (non-hydrogen) atoms. The molecule has 1 aliphatic rings. The number of hydrogen-bond acceptors (Lipinski definition) is 4. The Balaban J connectivity index is 0.00000341. The maximum absolute atomic E-state index is 12.4. The van der Waals surface area contributed by atoms with Gasteiger partial charge in [-0.15, -0.1) is 24.0 Å². The standard InChI is InChI=1S/C23H32N4O2S.HI/c1-2-24-23(25-13-20-30(28)22-11-7-4-8-12-22)27-16-14-26(15-17-27)18-19-29-21-9-5-3-6-10-21;/h3-12H,2,13-20H2,1H3,(H,24,25);1H. The van der Waals surface area contributed by atoms with E-state index in [2.05, 4.69) is 22.0 Å². The van der Waals surface area contributed by atoms with E-state index >= 15 is 0 Å². The summed E-state index contributed by atoms with van der Waals surface area (Å²) in [6.07, 6.45) is 0.